The lowest BCUT2D eigenvalue weighted by Crippen LogP contribution is -2.14. The summed E-state index contributed by atoms with van der Waals surface area (Å²) < 4.78 is 5.66. The minimum absolute atomic E-state index is 0.706. The smallest absolute Gasteiger partial charge is 0.0717 e. The lowest BCUT2D eigenvalue weighted by atomic mass is 9.78. The Kier molecular flexibility index (Phi) is 14.2. The number of hydrogen-bond acceptors (Lipinski definition) is 1. The van der Waals surface area contributed by atoms with Gasteiger partial charge in [-0.3, -0.25) is 0 Å². The van der Waals surface area contributed by atoms with E-state index >= 15 is 0 Å². The molecule has 1 fully saturated rings. The minimum atomic E-state index is 0.706. The van der Waals surface area contributed by atoms with Crippen molar-refractivity contribution in [3.63, 3.8) is 0 Å². The van der Waals surface area contributed by atoms with E-state index in [9.17, 15) is 0 Å². The molecule has 0 unspecified atom stereocenters. The molecule has 3 rings (SSSR count). The summed E-state index contributed by atoms with van der Waals surface area (Å²) >= 11 is 0. The fraction of sp³-hybridized carbons (Fsp3) is 0.500. The Labute approximate surface area is 227 Å². The Morgan fingerprint density at radius 1 is 0.649 bits per heavy atom. The van der Waals surface area contributed by atoms with Crippen LogP contribution in [-0.4, -0.2) is 6.61 Å². The molecule has 0 N–H and O–H groups in total. The van der Waals surface area contributed by atoms with Crippen LogP contribution in [0.5, 0.6) is 0 Å². The Bertz CT molecular complexity index is 897. The van der Waals surface area contributed by atoms with E-state index in [0.717, 1.165) is 44.1 Å². The van der Waals surface area contributed by atoms with Crippen LogP contribution in [0.1, 0.15) is 92.9 Å². The third-order valence-corrected chi connectivity index (χ3v) is 7.94. The fourth-order valence-electron chi connectivity index (χ4n) is 5.48. The lowest BCUT2D eigenvalue weighted by molar-refractivity contribution is 0.125. The van der Waals surface area contributed by atoms with Gasteiger partial charge in [-0.2, -0.15) is 0 Å². The molecule has 200 valence electrons. The Morgan fingerprint density at radius 2 is 1.24 bits per heavy atom. The number of hydrogen-bond donors (Lipinski definition) is 0. The van der Waals surface area contributed by atoms with Crippen LogP contribution in [0.3, 0.4) is 0 Å². The van der Waals surface area contributed by atoms with Crippen molar-refractivity contribution in [3.8, 4) is 0 Å². The first kappa shape index (κ1) is 29.2. The number of allylic oxidation sites excluding steroid dienone is 3. The van der Waals surface area contributed by atoms with Gasteiger partial charge in [0, 0.05) is 0 Å². The molecular weight excluding hydrogens is 448 g/mol. The summed E-state index contributed by atoms with van der Waals surface area (Å²) in [4.78, 5) is 0. The summed E-state index contributed by atoms with van der Waals surface area (Å²) in [5.74, 6) is 1.86. The maximum Gasteiger partial charge on any atom is 0.0717 e. The summed E-state index contributed by atoms with van der Waals surface area (Å²) in [7, 11) is 0. The van der Waals surface area contributed by atoms with Gasteiger partial charge in [0.1, 0.15) is 0 Å². The maximum atomic E-state index is 5.66. The summed E-state index contributed by atoms with van der Waals surface area (Å²) in [6.07, 6.45) is 26.5. The van der Waals surface area contributed by atoms with Gasteiger partial charge in [0.15, 0.2) is 0 Å². The van der Waals surface area contributed by atoms with E-state index in [-0.39, 0.29) is 0 Å². The standard InChI is InChI=1S/C36H50O/c1-3-5-7-12-31-17-19-32(20-18-31)13-8-9-14-33-21-23-34(24-22-33)15-10-11-16-35-25-27-36(28-26-35)30-37-29-6-4-2/h3-4,8-9,17-20,25-28,33-34H,1-2,5-7,10-16,21-24,29-30H2. The molecule has 2 aromatic rings. The van der Waals surface area contributed by atoms with Crippen LogP contribution in [-0.2, 0) is 30.6 Å². The molecule has 1 heteroatoms. The number of aryl methyl sites for hydroxylation is 2. The molecular formula is C36H50O. The first-order valence-electron chi connectivity index (χ1n) is 14.9. The molecule has 0 amide bonds. The quantitative estimate of drug-likeness (QED) is 0.147. The molecule has 2 aromatic carbocycles. The third-order valence-electron chi connectivity index (χ3n) is 7.94. The normalized spacial score (nSPS) is 17.7. The summed E-state index contributed by atoms with van der Waals surface area (Å²) in [6.45, 7) is 9.01. The van der Waals surface area contributed by atoms with E-state index < -0.39 is 0 Å². The molecule has 0 bridgehead atoms. The van der Waals surface area contributed by atoms with E-state index in [0.29, 0.717) is 6.61 Å². The molecule has 1 aliphatic carbocycles. The van der Waals surface area contributed by atoms with E-state index in [4.69, 9.17) is 4.74 Å². The number of ether oxygens (including phenoxy) is 1. The van der Waals surface area contributed by atoms with Crippen LogP contribution < -0.4 is 0 Å². The zero-order valence-corrected chi connectivity index (χ0v) is 23.2. The molecule has 1 aliphatic rings. The lowest BCUT2D eigenvalue weighted by Gasteiger charge is -2.28. The molecule has 0 heterocycles. The van der Waals surface area contributed by atoms with Crippen LogP contribution in [0.25, 0.3) is 0 Å². The summed E-state index contributed by atoms with van der Waals surface area (Å²) in [5, 5.41) is 0. The Hall–Kier alpha value is -2.38. The minimum Gasteiger partial charge on any atom is -0.376 e. The van der Waals surface area contributed by atoms with Gasteiger partial charge in [-0.05, 0) is 98.3 Å². The van der Waals surface area contributed by atoms with Crippen LogP contribution >= 0.6 is 0 Å². The zero-order valence-electron chi connectivity index (χ0n) is 23.2. The second-order valence-corrected chi connectivity index (χ2v) is 11.0. The van der Waals surface area contributed by atoms with Crippen molar-refractivity contribution in [2.24, 2.45) is 11.8 Å². The Balaban J connectivity index is 1.22. The van der Waals surface area contributed by atoms with Crippen LogP contribution in [0.4, 0.5) is 0 Å². The Morgan fingerprint density at radius 3 is 1.92 bits per heavy atom. The van der Waals surface area contributed by atoms with Crippen LogP contribution in [0.15, 0.2) is 86.0 Å². The van der Waals surface area contributed by atoms with Gasteiger partial charge in [-0.1, -0.05) is 98.5 Å². The third kappa shape index (κ3) is 12.1. The SMILES string of the molecule is C=CCCCc1ccc(CC=CCC2CCC(CCCCc3ccc(COCCC=C)cc3)CC2)cc1. The molecule has 0 aromatic heterocycles. The van der Waals surface area contributed by atoms with E-state index in [1.165, 1.54) is 86.5 Å². The van der Waals surface area contributed by atoms with Gasteiger partial charge in [0.2, 0.25) is 0 Å². The van der Waals surface area contributed by atoms with Crippen molar-refractivity contribution >= 4 is 0 Å². The molecule has 0 saturated heterocycles. The van der Waals surface area contributed by atoms with Crippen molar-refractivity contribution in [3.05, 3.63) is 108 Å². The first-order valence-corrected chi connectivity index (χ1v) is 14.9. The van der Waals surface area contributed by atoms with E-state index in [1.807, 2.05) is 12.2 Å². The van der Waals surface area contributed by atoms with E-state index in [2.05, 4.69) is 73.8 Å². The van der Waals surface area contributed by atoms with Gasteiger partial charge in [-0.15, -0.1) is 13.2 Å². The molecule has 0 aliphatic heterocycles. The van der Waals surface area contributed by atoms with Crippen molar-refractivity contribution in [1.82, 2.24) is 0 Å². The first-order chi connectivity index (χ1) is 18.3. The largest absolute Gasteiger partial charge is 0.376 e. The van der Waals surface area contributed by atoms with Crippen LogP contribution in [0.2, 0.25) is 0 Å². The fourth-order valence-corrected chi connectivity index (χ4v) is 5.48. The van der Waals surface area contributed by atoms with Gasteiger partial charge in [-0.25, -0.2) is 0 Å². The van der Waals surface area contributed by atoms with Crippen molar-refractivity contribution in [2.45, 2.75) is 96.5 Å². The second kappa shape index (κ2) is 18.0. The molecule has 0 radical (unpaired) electrons. The number of benzene rings is 2. The molecule has 1 saturated carbocycles. The predicted molar refractivity (Wildman–Crippen MR) is 161 cm³/mol. The average Bonchev–Trinajstić information content (AvgIpc) is 2.94. The summed E-state index contributed by atoms with van der Waals surface area (Å²) in [6, 6.07) is 18.2. The maximum absolute atomic E-state index is 5.66. The topological polar surface area (TPSA) is 9.23 Å². The van der Waals surface area contributed by atoms with Gasteiger partial charge < -0.3 is 4.74 Å². The van der Waals surface area contributed by atoms with Gasteiger partial charge >= 0.3 is 0 Å². The van der Waals surface area contributed by atoms with Crippen LogP contribution in [0, 0.1) is 11.8 Å². The van der Waals surface area contributed by atoms with Gasteiger partial charge in [0.05, 0.1) is 13.2 Å². The highest BCUT2D eigenvalue weighted by Gasteiger charge is 2.19. The van der Waals surface area contributed by atoms with E-state index in [1.54, 1.807) is 0 Å². The average molecular weight is 499 g/mol. The highest BCUT2D eigenvalue weighted by atomic mass is 16.5. The highest BCUT2D eigenvalue weighted by Crippen LogP contribution is 2.33. The zero-order chi connectivity index (χ0) is 26.0. The second-order valence-electron chi connectivity index (χ2n) is 11.0. The molecule has 37 heavy (non-hydrogen) atoms. The van der Waals surface area contributed by atoms with Crippen molar-refractivity contribution < 1.29 is 4.74 Å². The number of rotatable bonds is 18. The highest BCUT2D eigenvalue weighted by molar-refractivity contribution is 5.24. The van der Waals surface area contributed by atoms with Gasteiger partial charge in [0.25, 0.3) is 0 Å². The van der Waals surface area contributed by atoms with Crippen molar-refractivity contribution in [1.29, 1.82) is 0 Å². The monoisotopic (exact) mass is 498 g/mol. The summed E-state index contributed by atoms with van der Waals surface area (Å²) in [5.41, 5.74) is 5.60. The van der Waals surface area contributed by atoms with Crippen molar-refractivity contribution in [2.75, 3.05) is 6.61 Å². The molecule has 1 nitrogen and oxygen atoms in total. The molecule has 0 atom stereocenters. The predicted octanol–water partition coefficient (Wildman–Crippen LogP) is 10.00. The molecule has 0 spiro atoms. The number of unbranched alkanes of at least 4 members (excludes halogenated alkanes) is 2.